The molecule has 0 radical (unpaired) electrons. The van der Waals surface area contributed by atoms with Gasteiger partial charge in [0, 0.05) is 5.92 Å². The fourth-order valence-corrected chi connectivity index (χ4v) is 2.48. The van der Waals surface area contributed by atoms with Crippen molar-refractivity contribution in [2.24, 2.45) is 0 Å². The fourth-order valence-electron chi connectivity index (χ4n) is 2.48. The molecule has 0 saturated heterocycles. The predicted octanol–water partition coefficient (Wildman–Crippen LogP) is 4.16. The number of carbonyl (C=O) groups is 2. The molecular formula is C23H25NO5. The van der Waals surface area contributed by atoms with Gasteiger partial charge in [0.1, 0.15) is 11.4 Å². The van der Waals surface area contributed by atoms with E-state index in [0.29, 0.717) is 17.0 Å². The van der Waals surface area contributed by atoms with Crippen molar-refractivity contribution in [3.05, 3.63) is 59.7 Å². The number of benzene rings is 2. The van der Waals surface area contributed by atoms with Crippen molar-refractivity contribution in [2.45, 2.75) is 32.9 Å². The number of nitrogens with zero attached hydrogens (tertiary/aromatic N) is 1. The lowest BCUT2D eigenvalue weighted by Gasteiger charge is -2.28. The van der Waals surface area contributed by atoms with Crippen molar-refractivity contribution in [1.29, 1.82) is 0 Å². The van der Waals surface area contributed by atoms with E-state index < -0.39 is 17.7 Å². The monoisotopic (exact) mass is 395 g/mol. The van der Waals surface area contributed by atoms with Gasteiger partial charge in [0.25, 0.3) is 0 Å². The molecule has 6 heteroatoms. The molecule has 0 fully saturated rings. The van der Waals surface area contributed by atoms with Crippen LogP contribution in [0.1, 0.15) is 31.9 Å². The van der Waals surface area contributed by atoms with Crippen LogP contribution in [0.5, 0.6) is 5.75 Å². The van der Waals surface area contributed by atoms with Gasteiger partial charge in [0.15, 0.2) is 0 Å². The number of anilines is 1. The van der Waals surface area contributed by atoms with E-state index in [9.17, 15) is 9.59 Å². The van der Waals surface area contributed by atoms with Crippen LogP contribution in [0, 0.1) is 11.8 Å². The molecule has 0 spiro atoms. The number of hydrogen-bond donors (Lipinski definition) is 0. The molecule has 0 unspecified atom stereocenters. The number of hydrogen-bond acceptors (Lipinski definition) is 5. The van der Waals surface area contributed by atoms with Gasteiger partial charge in [-0.3, -0.25) is 4.90 Å². The van der Waals surface area contributed by atoms with Gasteiger partial charge in [-0.25, -0.2) is 9.59 Å². The van der Waals surface area contributed by atoms with E-state index >= 15 is 0 Å². The summed E-state index contributed by atoms with van der Waals surface area (Å²) in [6, 6.07) is 14.6. The molecule has 2 aromatic rings. The molecule has 0 aliphatic carbocycles. The normalized spacial score (nSPS) is 10.4. The van der Waals surface area contributed by atoms with Gasteiger partial charge in [-0.15, -0.1) is 0 Å². The molecule has 0 aromatic heterocycles. The van der Waals surface area contributed by atoms with Gasteiger partial charge in [-0.2, -0.15) is 0 Å². The topological polar surface area (TPSA) is 65.1 Å². The minimum Gasteiger partial charge on any atom is -0.497 e. The summed E-state index contributed by atoms with van der Waals surface area (Å²) < 4.78 is 15.5. The molecule has 0 aliphatic heterocycles. The van der Waals surface area contributed by atoms with E-state index in [2.05, 4.69) is 16.6 Å². The Morgan fingerprint density at radius 1 is 1.03 bits per heavy atom. The molecule has 2 aromatic carbocycles. The standard InChI is InChI=1S/C23H25NO5/c1-23(2,3)29-22(26)24(16-17-9-7-6-8-10-17)20-13-12-19(27-4)15-18(20)11-14-21(25)28-5/h6-10,12-13,15H,16H2,1-5H3. The third-order valence-electron chi connectivity index (χ3n) is 3.78. The van der Waals surface area contributed by atoms with Gasteiger partial charge in [0.05, 0.1) is 32.0 Å². The Kier molecular flexibility index (Phi) is 7.27. The van der Waals surface area contributed by atoms with Crippen LogP contribution >= 0.6 is 0 Å². The van der Waals surface area contributed by atoms with E-state index in [4.69, 9.17) is 9.47 Å². The quantitative estimate of drug-likeness (QED) is 0.574. The Morgan fingerprint density at radius 2 is 1.72 bits per heavy atom. The summed E-state index contributed by atoms with van der Waals surface area (Å²) in [5.41, 5.74) is 1.19. The molecule has 2 rings (SSSR count). The first-order chi connectivity index (χ1) is 13.7. The summed E-state index contributed by atoms with van der Waals surface area (Å²) >= 11 is 0. The first kappa shape index (κ1) is 21.8. The van der Waals surface area contributed by atoms with E-state index in [1.54, 1.807) is 39.0 Å². The van der Waals surface area contributed by atoms with Crippen molar-refractivity contribution in [3.8, 4) is 17.6 Å². The predicted molar refractivity (Wildman–Crippen MR) is 111 cm³/mol. The Morgan fingerprint density at radius 3 is 2.31 bits per heavy atom. The van der Waals surface area contributed by atoms with Crippen LogP contribution in [0.25, 0.3) is 0 Å². The average Bonchev–Trinajstić information content (AvgIpc) is 2.69. The Bertz CT molecular complexity index is 920. The molecule has 0 heterocycles. The van der Waals surface area contributed by atoms with Gasteiger partial charge in [-0.1, -0.05) is 36.3 Å². The summed E-state index contributed by atoms with van der Waals surface area (Å²) in [7, 11) is 2.79. The summed E-state index contributed by atoms with van der Waals surface area (Å²) in [6.45, 7) is 5.68. The molecular weight excluding hydrogens is 370 g/mol. The Hall–Kier alpha value is -3.46. The van der Waals surface area contributed by atoms with Crippen molar-refractivity contribution in [2.75, 3.05) is 19.1 Å². The molecule has 0 bridgehead atoms. The highest BCUT2D eigenvalue weighted by Gasteiger charge is 2.25. The van der Waals surface area contributed by atoms with Crippen molar-refractivity contribution in [1.82, 2.24) is 0 Å². The highest BCUT2D eigenvalue weighted by atomic mass is 16.6. The fraction of sp³-hybridized carbons (Fsp3) is 0.304. The molecule has 0 atom stereocenters. The first-order valence-corrected chi connectivity index (χ1v) is 9.06. The summed E-state index contributed by atoms with van der Waals surface area (Å²) in [5.74, 6) is 5.04. The van der Waals surface area contributed by atoms with E-state index in [1.165, 1.54) is 19.1 Å². The van der Waals surface area contributed by atoms with Crippen LogP contribution in [0.4, 0.5) is 10.5 Å². The number of amides is 1. The Balaban J connectivity index is 2.54. The zero-order chi connectivity index (χ0) is 21.4. The molecule has 152 valence electrons. The number of rotatable bonds is 4. The second-order valence-corrected chi connectivity index (χ2v) is 7.18. The zero-order valence-electron chi connectivity index (χ0n) is 17.3. The molecule has 6 nitrogen and oxygen atoms in total. The van der Waals surface area contributed by atoms with Crippen molar-refractivity contribution >= 4 is 17.7 Å². The minimum atomic E-state index is -0.675. The summed E-state index contributed by atoms with van der Waals surface area (Å²) in [5, 5.41) is 0. The van der Waals surface area contributed by atoms with E-state index in [1.807, 2.05) is 30.3 Å². The maximum absolute atomic E-state index is 13.0. The van der Waals surface area contributed by atoms with Crippen LogP contribution in [0.15, 0.2) is 48.5 Å². The summed E-state index contributed by atoms with van der Waals surface area (Å²) in [4.78, 5) is 26.0. The molecule has 29 heavy (non-hydrogen) atoms. The van der Waals surface area contributed by atoms with Crippen LogP contribution in [0.2, 0.25) is 0 Å². The number of ether oxygens (including phenoxy) is 3. The number of esters is 1. The Labute approximate surface area is 171 Å². The SMILES string of the molecule is COC(=O)C#Cc1cc(OC)ccc1N(Cc1ccccc1)C(=O)OC(C)(C)C. The minimum absolute atomic E-state index is 0.273. The lowest BCUT2D eigenvalue weighted by Crippen LogP contribution is -2.37. The smallest absolute Gasteiger partial charge is 0.415 e. The van der Waals surface area contributed by atoms with Crippen LogP contribution in [-0.2, 0) is 20.8 Å². The summed E-state index contributed by atoms with van der Waals surface area (Å²) in [6.07, 6.45) is -0.521. The third-order valence-corrected chi connectivity index (χ3v) is 3.78. The van der Waals surface area contributed by atoms with Crippen LogP contribution in [0.3, 0.4) is 0 Å². The third kappa shape index (κ3) is 6.58. The maximum Gasteiger partial charge on any atom is 0.415 e. The van der Waals surface area contributed by atoms with E-state index in [0.717, 1.165) is 5.56 Å². The molecule has 1 amide bonds. The van der Waals surface area contributed by atoms with Crippen LogP contribution < -0.4 is 9.64 Å². The van der Waals surface area contributed by atoms with Crippen molar-refractivity contribution < 1.29 is 23.8 Å². The average molecular weight is 395 g/mol. The second kappa shape index (κ2) is 9.65. The van der Waals surface area contributed by atoms with Gasteiger partial charge in [0.2, 0.25) is 0 Å². The van der Waals surface area contributed by atoms with Gasteiger partial charge >= 0.3 is 12.1 Å². The largest absolute Gasteiger partial charge is 0.497 e. The highest BCUT2D eigenvalue weighted by Crippen LogP contribution is 2.28. The molecule has 0 saturated carbocycles. The lowest BCUT2D eigenvalue weighted by molar-refractivity contribution is -0.133. The van der Waals surface area contributed by atoms with Gasteiger partial charge < -0.3 is 14.2 Å². The lowest BCUT2D eigenvalue weighted by atomic mass is 10.1. The number of carbonyl (C=O) groups excluding carboxylic acids is 2. The van der Waals surface area contributed by atoms with E-state index in [-0.39, 0.29) is 6.54 Å². The van der Waals surface area contributed by atoms with Crippen molar-refractivity contribution in [3.63, 3.8) is 0 Å². The highest BCUT2D eigenvalue weighted by molar-refractivity contribution is 5.92. The second-order valence-electron chi connectivity index (χ2n) is 7.18. The van der Waals surface area contributed by atoms with Gasteiger partial charge in [-0.05, 0) is 44.5 Å². The maximum atomic E-state index is 13.0. The molecule has 0 aliphatic rings. The van der Waals surface area contributed by atoms with Crippen LogP contribution in [-0.4, -0.2) is 31.9 Å². The first-order valence-electron chi connectivity index (χ1n) is 9.06. The molecule has 0 N–H and O–H groups in total. The zero-order valence-corrected chi connectivity index (χ0v) is 17.3. The number of methoxy groups -OCH3 is 2.